The second-order valence-electron chi connectivity index (χ2n) is 5.23. The van der Waals surface area contributed by atoms with Crippen LogP contribution in [-0.4, -0.2) is 43.5 Å². The third-order valence-electron chi connectivity index (χ3n) is 3.48. The van der Waals surface area contributed by atoms with Crippen molar-refractivity contribution in [1.82, 2.24) is 0 Å². The number of fused-ring (bicyclic) bond motifs is 1. The van der Waals surface area contributed by atoms with Crippen LogP contribution in [0.15, 0.2) is 27.4 Å². The molecule has 1 heterocycles. The normalized spacial score (nSPS) is 12.5. The second-order valence-corrected chi connectivity index (χ2v) is 5.23. The van der Waals surface area contributed by atoms with Gasteiger partial charge in [0.1, 0.15) is 17.1 Å². The maximum atomic E-state index is 12.4. The van der Waals surface area contributed by atoms with Gasteiger partial charge in [0.15, 0.2) is 0 Å². The molecule has 8 nitrogen and oxygen atoms in total. The molecule has 1 atom stereocenters. The molecular formula is C16H13F3O8. The number of esters is 1. The summed E-state index contributed by atoms with van der Waals surface area (Å²) in [6.45, 7) is 0. The molecule has 27 heavy (non-hydrogen) atoms. The molecule has 0 radical (unpaired) electrons. The molecular weight excluding hydrogens is 377 g/mol. The predicted octanol–water partition coefficient (Wildman–Crippen LogP) is 1.91. The van der Waals surface area contributed by atoms with E-state index in [1.807, 2.05) is 0 Å². The van der Waals surface area contributed by atoms with E-state index in [1.54, 1.807) is 0 Å². The lowest BCUT2D eigenvalue weighted by Gasteiger charge is -2.17. The van der Waals surface area contributed by atoms with Crippen molar-refractivity contribution < 1.29 is 46.5 Å². The number of hydrogen-bond donors (Lipinski definition) is 1. The van der Waals surface area contributed by atoms with Crippen LogP contribution in [0.3, 0.4) is 0 Å². The van der Waals surface area contributed by atoms with E-state index < -0.39 is 36.3 Å². The fraction of sp³-hybridized carbons (Fsp3) is 0.312. The maximum Gasteiger partial charge on any atom is 0.490 e. The first-order valence-corrected chi connectivity index (χ1v) is 7.26. The molecule has 2 rings (SSSR count). The average Bonchev–Trinajstić information content (AvgIpc) is 2.58. The number of carboxylic acid groups (broad SMARTS) is 1. The van der Waals surface area contributed by atoms with Crippen LogP contribution in [-0.2, 0) is 20.7 Å². The van der Waals surface area contributed by atoms with Gasteiger partial charge in [0.25, 0.3) is 0 Å². The van der Waals surface area contributed by atoms with Gasteiger partial charge >= 0.3 is 23.7 Å². The van der Waals surface area contributed by atoms with Gasteiger partial charge in [0, 0.05) is 24.6 Å². The molecule has 0 aliphatic heterocycles. The number of hydrogen-bond acceptors (Lipinski definition) is 7. The van der Waals surface area contributed by atoms with Crippen molar-refractivity contribution in [1.29, 1.82) is 0 Å². The monoisotopic (exact) mass is 390 g/mol. The maximum absolute atomic E-state index is 12.4. The molecule has 0 bridgehead atoms. The number of halogens is 3. The molecule has 1 aromatic carbocycles. The number of carboxylic acids is 1. The largest absolute Gasteiger partial charge is 0.496 e. The first-order valence-electron chi connectivity index (χ1n) is 7.26. The van der Waals surface area contributed by atoms with Crippen LogP contribution >= 0.6 is 0 Å². The summed E-state index contributed by atoms with van der Waals surface area (Å²) < 4.78 is 56.3. The molecule has 0 aliphatic carbocycles. The number of alkyl halides is 3. The summed E-state index contributed by atoms with van der Waals surface area (Å²) >= 11 is 0. The third kappa shape index (κ3) is 4.49. The summed E-state index contributed by atoms with van der Waals surface area (Å²) in [6.07, 6.45) is -8.27. The summed E-state index contributed by atoms with van der Waals surface area (Å²) in [4.78, 5) is 34.0. The third-order valence-corrected chi connectivity index (χ3v) is 3.48. The van der Waals surface area contributed by atoms with Crippen molar-refractivity contribution in [2.24, 2.45) is 0 Å². The summed E-state index contributed by atoms with van der Waals surface area (Å²) in [6, 6.07) is 3.61. The molecule has 0 unspecified atom stereocenters. The number of carbonyl (C=O) groups is 2. The van der Waals surface area contributed by atoms with Crippen molar-refractivity contribution in [3.8, 4) is 11.5 Å². The smallest absolute Gasteiger partial charge is 0.490 e. The van der Waals surface area contributed by atoms with Crippen molar-refractivity contribution in [2.75, 3.05) is 14.2 Å². The minimum absolute atomic E-state index is 0.0388. The summed E-state index contributed by atoms with van der Waals surface area (Å²) in [5, 5.41) is 9.23. The molecule has 0 aliphatic rings. The van der Waals surface area contributed by atoms with Gasteiger partial charge < -0.3 is 23.7 Å². The fourth-order valence-corrected chi connectivity index (χ4v) is 2.33. The molecule has 0 amide bonds. The standard InChI is InChI=1S/C16H13F3O8/c1-24-8-5-9(25-2)13-7(4-12(20)26-10(13)6-8)3-11(14(21)22)27-15(23)16(17,18)19/h4-6,11H,3H2,1-2H3,(H,21,22)/t11-/m0/s1. The average molecular weight is 390 g/mol. The van der Waals surface area contributed by atoms with Crippen LogP contribution in [0, 0.1) is 0 Å². The lowest BCUT2D eigenvalue weighted by molar-refractivity contribution is -0.207. The highest BCUT2D eigenvalue weighted by Crippen LogP contribution is 2.33. The van der Waals surface area contributed by atoms with Crippen molar-refractivity contribution >= 4 is 22.9 Å². The summed E-state index contributed by atoms with van der Waals surface area (Å²) in [5.74, 6) is -4.09. The van der Waals surface area contributed by atoms with E-state index in [4.69, 9.17) is 19.0 Å². The molecule has 146 valence electrons. The number of methoxy groups -OCH3 is 2. The molecule has 0 spiro atoms. The highest BCUT2D eigenvalue weighted by atomic mass is 19.4. The molecule has 1 N–H and O–H groups in total. The van der Waals surface area contributed by atoms with Gasteiger partial charge in [-0.1, -0.05) is 0 Å². The van der Waals surface area contributed by atoms with E-state index in [-0.39, 0.29) is 28.0 Å². The predicted molar refractivity (Wildman–Crippen MR) is 82.9 cm³/mol. The number of aliphatic carboxylic acids is 1. The Bertz CT molecular complexity index is 932. The van der Waals surface area contributed by atoms with Gasteiger partial charge in [-0.2, -0.15) is 13.2 Å². The quantitative estimate of drug-likeness (QED) is 0.588. The highest BCUT2D eigenvalue weighted by Gasteiger charge is 2.43. The Morgan fingerprint density at radius 2 is 1.85 bits per heavy atom. The number of benzene rings is 1. The topological polar surface area (TPSA) is 112 Å². The summed E-state index contributed by atoms with van der Waals surface area (Å²) in [5.41, 5.74) is -0.970. The van der Waals surface area contributed by atoms with Crippen molar-refractivity contribution in [3.63, 3.8) is 0 Å². The van der Waals surface area contributed by atoms with E-state index in [9.17, 15) is 27.6 Å². The van der Waals surface area contributed by atoms with Crippen LogP contribution in [0.4, 0.5) is 13.2 Å². The lowest BCUT2D eigenvalue weighted by atomic mass is 10.0. The Kier molecular flexibility index (Phi) is 5.62. The minimum Gasteiger partial charge on any atom is -0.496 e. The van der Waals surface area contributed by atoms with E-state index >= 15 is 0 Å². The lowest BCUT2D eigenvalue weighted by Crippen LogP contribution is -2.35. The van der Waals surface area contributed by atoms with Gasteiger partial charge in [-0.25, -0.2) is 14.4 Å². The van der Waals surface area contributed by atoms with Gasteiger partial charge in [-0.3, -0.25) is 0 Å². The van der Waals surface area contributed by atoms with Crippen LogP contribution in [0.1, 0.15) is 5.56 Å². The zero-order chi connectivity index (χ0) is 20.4. The Balaban J connectivity index is 2.54. The summed E-state index contributed by atoms with van der Waals surface area (Å²) in [7, 11) is 2.63. The number of ether oxygens (including phenoxy) is 3. The van der Waals surface area contributed by atoms with Crippen LogP contribution in [0.25, 0.3) is 11.0 Å². The first kappa shape index (κ1) is 20.1. The molecule has 0 fully saturated rings. The van der Waals surface area contributed by atoms with Crippen LogP contribution < -0.4 is 15.1 Å². The van der Waals surface area contributed by atoms with Gasteiger partial charge in [-0.15, -0.1) is 0 Å². The Hall–Kier alpha value is -3.24. The van der Waals surface area contributed by atoms with Crippen LogP contribution in [0.5, 0.6) is 11.5 Å². The zero-order valence-corrected chi connectivity index (χ0v) is 14.0. The van der Waals surface area contributed by atoms with Crippen molar-refractivity contribution in [3.05, 3.63) is 34.2 Å². The molecule has 2 aromatic rings. The first-order chi connectivity index (χ1) is 12.6. The van der Waals surface area contributed by atoms with Gasteiger partial charge in [0.05, 0.1) is 19.6 Å². The zero-order valence-electron chi connectivity index (χ0n) is 14.0. The Morgan fingerprint density at radius 1 is 1.19 bits per heavy atom. The fourth-order valence-electron chi connectivity index (χ4n) is 2.33. The second kappa shape index (κ2) is 7.56. The molecule has 1 aromatic heterocycles. The molecule has 0 saturated heterocycles. The van der Waals surface area contributed by atoms with E-state index in [0.29, 0.717) is 0 Å². The van der Waals surface area contributed by atoms with Crippen LogP contribution in [0.2, 0.25) is 0 Å². The van der Waals surface area contributed by atoms with Crippen molar-refractivity contribution in [2.45, 2.75) is 18.7 Å². The van der Waals surface area contributed by atoms with E-state index in [2.05, 4.69) is 4.74 Å². The Morgan fingerprint density at radius 3 is 2.37 bits per heavy atom. The van der Waals surface area contributed by atoms with Gasteiger partial charge in [-0.05, 0) is 5.56 Å². The molecule has 0 saturated carbocycles. The van der Waals surface area contributed by atoms with E-state index in [1.165, 1.54) is 26.4 Å². The molecule has 11 heteroatoms. The highest BCUT2D eigenvalue weighted by molar-refractivity contribution is 5.89. The minimum atomic E-state index is -5.36. The number of rotatable bonds is 6. The SMILES string of the molecule is COc1cc(OC)c2c(C[C@H](OC(=O)C(F)(F)F)C(=O)O)cc(=O)oc2c1. The number of carbonyl (C=O) groups excluding carboxylic acids is 1. The van der Waals surface area contributed by atoms with Gasteiger partial charge in [0.2, 0.25) is 6.10 Å². The Labute approximate surface area is 149 Å². The van der Waals surface area contributed by atoms with E-state index in [0.717, 1.165) is 6.07 Å².